The highest BCUT2D eigenvalue weighted by Gasteiger charge is 2.53. The highest BCUT2D eigenvalue weighted by molar-refractivity contribution is 5.76. The summed E-state index contributed by atoms with van der Waals surface area (Å²) in [7, 11) is 0. The average Bonchev–Trinajstić information content (AvgIpc) is 2.46. The van der Waals surface area contributed by atoms with E-state index in [4.69, 9.17) is 28.4 Å². The second kappa shape index (κ2) is 48.5. The SMILES string of the molecule is CC/C=C\C/C=C\C/C=C\C/C=C\C/C=C\C/C=C\C/C=C\C/C=C\CCCCCCCCCCCCC(=O)NC(COC1OC(CO)C(OC2OC(CO)C(OC3OC(CO)C(O)C(O)C3O)C(O)C2O)C(O)C1O)C(O)CCCCCCCC. The number of hydrogen-bond acceptors (Lipinski definition) is 18. The zero-order valence-corrected chi connectivity index (χ0v) is 51.7. The molecule has 19 nitrogen and oxygen atoms in total. The van der Waals surface area contributed by atoms with E-state index in [1.807, 2.05) is 0 Å². The first-order valence-electron chi connectivity index (χ1n) is 32.5. The van der Waals surface area contributed by atoms with Crippen molar-refractivity contribution in [3.05, 3.63) is 97.2 Å². The number of rotatable bonds is 47. The molecule has 0 spiro atoms. The second-order valence-electron chi connectivity index (χ2n) is 22.8. The van der Waals surface area contributed by atoms with Gasteiger partial charge in [0.25, 0.3) is 0 Å². The molecule has 3 rings (SSSR count). The van der Waals surface area contributed by atoms with E-state index in [0.717, 1.165) is 122 Å². The van der Waals surface area contributed by atoms with Gasteiger partial charge in [-0.05, 0) is 77.0 Å². The summed E-state index contributed by atoms with van der Waals surface area (Å²) in [6.07, 6.45) is 35.6. The summed E-state index contributed by atoms with van der Waals surface area (Å²) in [6.45, 7) is 1.56. The van der Waals surface area contributed by atoms with Crippen molar-refractivity contribution in [3.63, 3.8) is 0 Å². The number of ether oxygens (including phenoxy) is 6. The van der Waals surface area contributed by atoms with E-state index in [2.05, 4.69) is 116 Å². The van der Waals surface area contributed by atoms with Crippen LogP contribution in [0.2, 0.25) is 0 Å². The third-order valence-electron chi connectivity index (χ3n) is 15.7. The Morgan fingerprint density at radius 1 is 0.430 bits per heavy atom. The molecule has 0 aromatic rings. The highest BCUT2D eigenvalue weighted by atomic mass is 16.8. The lowest BCUT2D eigenvalue weighted by atomic mass is 9.96. The lowest BCUT2D eigenvalue weighted by Gasteiger charge is -2.48. The van der Waals surface area contributed by atoms with E-state index < -0.39 is 124 Å². The topological polar surface area (TPSA) is 307 Å². The van der Waals surface area contributed by atoms with Crippen LogP contribution in [0, 0.1) is 0 Å². The van der Waals surface area contributed by atoms with Crippen LogP contribution in [0.5, 0.6) is 0 Å². The van der Waals surface area contributed by atoms with Gasteiger partial charge in [0, 0.05) is 6.42 Å². The van der Waals surface area contributed by atoms with Crippen LogP contribution < -0.4 is 5.32 Å². The number of allylic oxidation sites excluding steroid dienone is 16. The zero-order chi connectivity index (χ0) is 62.6. The molecule has 0 aliphatic carbocycles. The van der Waals surface area contributed by atoms with Crippen LogP contribution in [0.25, 0.3) is 0 Å². The van der Waals surface area contributed by atoms with Gasteiger partial charge in [-0.1, -0.05) is 201 Å². The molecule has 86 heavy (non-hydrogen) atoms. The van der Waals surface area contributed by atoms with Crippen LogP contribution in [0.1, 0.15) is 187 Å². The smallest absolute Gasteiger partial charge is 0.220 e. The average molecular weight is 1220 g/mol. The number of unbranched alkanes of at least 4 members (excludes halogenated alkanes) is 15. The summed E-state index contributed by atoms with van der Waals surface area (Å²) in [6, 6.07) is -0.892. The van der Waals surface area contributed by atoms with Gasteiger partial charge >= 0.3 is 0 Å². The number of hydrogen-bond donors (Lipinski definition) is 12. The van der Waals surface area contributed by atoms with Gasteiger partial charge in [-0.2, -0.15) is 0 Å². The van der Waals surface area contributed by atoms with Crippen LogP contribution in [0.4, 0.5) is 0 Å². The Morgan fingerprint density at radius 3 is 1.26 bits per heavy atom. The van der Waals surface area contributed by atoms with E-state index in [1.165, 1.54) is 32.1 Å². The van der Waals surface area contributed by atoms with Gasteiger partial charge in [0.1, 0.15) is 73.2 Å². The third kappa shape index (κ3) is 31.0. The monoisotopic (exact) mass is 1220 g/mol. The van der Waals surface area contributed by atoms with E-state index in [-0.39, 0.29) is 18.9 Å². The summed E-state index contributed by atoms with van der Waals surface area (Å²) in [5.74, 6) is -0.258. The molecule has 3 heterocycles. The van der Waals surface area contributed by atoms with E-state index in [9.17, 15) is 61.0 Å². The second-order valence-corrected chi connectivity index (χ2v) is 22.8. The van der Waals surface area contributed by atoms with Gasteiger partial charge in [0.15, 0.2) is 18.9 Å². The molecule has 12 N–H and O–H groups in total. The molecule has 0 aromatic heterocycles. The minimum absolute atomic E-state index is 0.254. The van der Waals surface area contributed by atoms with Crippen molar-refractivity contribution in [2.45, 2.75) is 291 Å². The Morgan fingerprint density at radius 2 is 0.802 bits per heavy atom. The highest BCUT2D eigenvalue weighted by Crippen LogP contribution is 2.33. The Bertz CT molecular complexity index is 1940. The molecule has 3 aliphatic rings. The number of nitrogens with one attached hydrogen (secondary N) is 1. The van der Waals surface area contributed by atoms with Crippen molar-refractivity contribution in [1.82, 2.24) is 5.32 Å². The first-order chi connectivity index (χ1) is 41.8. The van der Waals surface area contributed by atoms with Crippen LogP contribution in [0.3, 0.4) is 0 Å². The quantitative estimate of drug-likeness (QED) is 0.0210. The number of amides is 1. The fourth-order valence-electron chi connectivity index (χ4n) is 10.4. The van der Waals surface area contributed by atoms with Gasteiger partial charge in [-0.3, -0.25) is 4.79 Å². The van der Waals surface area contributed by atoms with Crippen molar-refractivity contribution in [1.29, 1.82) is 0 Å². The molecular weight excluding hydrogens is 1110 g/mol. The molecule has 17 unspecified atom stereocenters. The molecule has 19 heteroatoms. The van der Waals surface area contributed by atoms with Crippen molar-refractivity contribution >= 4 is 5.91 Å². The summed E-state index contributed by atoms with van der Waals surface area (Å²) in [5.41, 5.74) is 0. The molecule has 0 bridgehead atoms. The normalized spacial score (nSPS) is 29.4. The minimum atomic E-state index is -1.97. The predicted octanol–water partition coefficient (Wildman–Crippen LogP) is 7.32. The maximum atomic E-state index is 13.3. The van der Waals surface area contributed by atoms with Crippen LogP contribution in [-0.4, -0.2) is 193 Å². The number of carbonyl (C=O) groups excluding carboxylic acids is 1. The molecular formula is C67H113NO18. The summed E-state index contributed by atoms with van der Waals surface area (Å²) in [4.78, 5) is 13.3. The summed E-state index contributed by atoms with van der Waals surface area (Å²) in [5, 5.41) is 120. The van der Waals surface area contributed by atoms with Gasteiger partial charge in [0.2, 0.25) is 5.91 Å². The zero-order valence-electron chi connectivity index (χ0n) is 51.7. The molecule has 3 saturated heterocycles. The summed E-state index contributed by atoms with van der Waals surface area (Å²) < 4.78 is 34.2. The molecule has 1 amide bonds. The van der Waals surface area contributed by atoms with E-state index in [1.54, 1.807) is 0 Å². The Hall–Kier alpha value is -3.29. The number of carbonyl (C=O) groups is 1. The fraction of sp³-hybridized carbons (Fsp3) is 0.746. The maximum Gasteiger partial charge on any atom is 0.220 e. The molecule has 0 saturated carbocycles. The van der Waals surface area contributed by atoms with Crippen LogP contribution in [-0.2, 0) is 33.2 Å². The largest absolute Gasteiger partial charge is 0.394 e. The van der Waals surface area contributed by atoms with Crippen molar-refractivity contribution in [2.24, 2.45) is 0 Å². The summed E-state index contributed by atoms with van der Waals surface area (Å²) >= 11 is 0. The molecule has 3 fully saturated rings. The van der Waals surface area contributed by atoms with Crippen LogP contribution in [0.15, 0.2) is 97.2 Å². The standard InChI is InChI=1S/C67H113NO18/c1-3-5-7-9-11-12-13-14-15-16-17-18-19-20-21-22-23-24-25-26-27-28-29-30-31-32-33-34-35-36-37-38-39-41-43-45-55(73)68-50(51(72)44-42-40-10-8-6-4-2)49-81-65-61(79)58(76)63(53(47-70)83-65)86-67-62(80)59(77)64(54(48-71)84-67)85-66-60(78)57(75)56(74)52(46-69)82-66/h5,7,11-12,14-15,17-18,20-21,23-24,26-27,29-30,50-54,56-67,69-72,74-80H,3-4,6,8-10,13,16,19,22,25,28,31-49H2,1-2H3,(H,68,73)/b7-5-,12-11-,15-14-,18-17-,21-20-,24-23-,27-26-,30-29-. The van der Waals surface area contributed by atoms with Gasteiger partial charge in [-0.25, -0.2) is 0 Å². The van der Waals surface area contributed by atoms with Crippen LogP contribution >= 0.6 is 0 Å². The third-order valence-corrected chi connectivity index (χ3v) is 15.7. The van der Waals surface area contributed by atoms with Gasteiger partial charge in [0.05, 0.1) is 38.6 Å². The minimum Gasteiger partial charge on any atom is -0.394 e. The van der Waals surface area contributed by atoms with Crippen molar-refractivity contribution in [2.75, 3.05) is 26.4 Å². The number of aliphatic hydroxyl groups excluding tert-OH is 11. The number of aliphatic hydroxyl groups is 11. The molecule has 0 aromatic carbocycles. The lowest BCUT2D eigenvalue weighted by molar-refractivity contribution is -0.379. The maximum absolute atomic E-state index is 13.3. The van der Waals surface area contributed by atoms with E-state index in [0.29, 0.717) is 12.8 Å². The molecule has 3 aliphatic heterocycles. The molecule has 17 atom stereocenters. The lowest BCUT2D eigenvalue weighted by Crippen LogP contribution is -2.66. The first kappa shape index (κ1) is 77.0. The van der Waals surface area contributed by atoms with Gasteiger partial charge < -0.3 is 89.9 Å². The first-order valence-corrected chi connectivity index (χ1v) is 32.5. The predicted molar refractivity (Wildman–Crippen MR) is 332 cm³/mol. The van der Waals surface area contributed by atoms with Gasteiger partial charge in [-0.15, -0.1) is 0 Å². The van der Waals surface area contributed by atoms with E-state index >= 15 is 0 Å². The fourth-order valence-corrected chi connectivity index (χ4v) is 10.4. The van der Waals surface area contributed by atoms with Crippen molar-refractivity contribution < 1.29 is 89.4 Å². The molecule has 494 valence electrons. The van der Waals surface area contributed by atoms with Crippen molar-refractivity contribution in [3.8, 4) is 0 Å². The Balaban J connectivity index is 1.31. The Labute approximate surface area is 513 Å². The Kier molecular flexibility index (Phi) is 43.4. The molecule has 0 radical (unpaired) electrons.